The van der Waals surface area contributed by atoms with Crippen LogP contribution in [0.4, 0.5) is 0 Å². The molecule has 96 valence electrons. The Morgan fingerprint density at radius 1 is 1.41 bits per heavy atom. The van der Waals surface area contributed by atoms with E-state index < -0.39 is 0 Å². The van der Waals surface area contributed by atoms with Crippen LogP contribution in [0.2, 0.25) is 0 Å². The van der Waals surface area contributed by atoms with Gasteiger partial charge >= 0.3 is 0 Å². The Morgan fingerprint density at radius 2 is 2.06 bits per heavy atom. The Hall–Kier alpha value is -0.710. The fourth-order valence-corrected chi connectivity index (χ4v) is 1.71. The topological polar surface area (TPSA) is 55.1 Å². The van der Waals surface area contributed by atoms with Gasteiger partial charge in [0.05, 0.1) is 0 Å². The summed E-state index contributed by atoms with van der Waals surface area (Å²) in [6.45, 7) is 0.497. The first-order valence-corrected chi connectivity index (χ1v) is 6.69. The molecule has 0 fully saturated rings. The van der Waals surface area contributed by atoms with Crippen molar-refractivity contribution in [3.05, 3.63) is 35.9 Å². The average Bonchev–Trinajstić information content (AvgIpc) is 2.34. The van der Waals surface area contributed by atoms with Gasteiger partial charge in [-0.1, -0.05) is 30.3 Å². The van der Waals surface area contributed by atoms with Gasteiger partial charge in [0.2, 0.25) is 5.91 Å². The minimum atomic E-state index is -0.126. The molecule has 1 aromatic rings. The largest absolute Gasteiger partial charge is 0.354 e. The van der Waals surface area contributed by atoms with Crippen LogP contribution in [0.3, 0.4) is 0 Å². The number of carbonyl (C=O) groups is 1. The Kier molecular flexibility index (Phi) is 8.94. The van der Waals surface area contributed by atoms with Gasteiger partial charge in [-0.05, 0) is 11.8 Å². The first-order valence-electron chi connectivity index (χ1n) is 5.30. The number of rotatable bonds is 6. The summed E-state index contributed by atoms with van der Waals surface area (Å²) in [7, 11) is 0. The molecule has 0 saturated heterocycles. The third-order valence-electron chi connectivity index (χ3n) is 2.28. The van der Waals surface area contributed by atoms with Gasteiger partial charge in [-0.3, -0.25) is 4.79 Å². The zero-order chi connectivity index (χ0) is 11.8. The van der Waals surface area contributed by atoms with Gasteiger partial charge in [0.25, 0.3) is 0 Å². The monoisotopic (exact) mass is 274 g/mol. The van der Waals surface area contributed by atoms with Crippen LogP contribution in [0.1, 0.15) is 18.0 Å². The van der Waals surface area contributed by atoms with Gasteiger partial charge < -0.3 is 11.1 Å². The normalized spacial score (nSPS) is 11.4. The molecular weight excluding hydrogens is 256 g/mol. The predicted octanol–water partition coefficient (Wildman–Crippen LogP) is 1.98. The van der Waals surface area contributed by atoms with Crippen LogP contribution >= 0.6 is 24.2 Å². The number of carbonyl (C=O) groups excluding carboxylic acids is 1. The Bertz CT molecular complexity index is 322. The second-order valence-electron chi connectivity index (χ2n) is 3.56. The summed E-state index contributed by atoms with van der Waals surface area (Å²) in [6.07, 6.45) is 2.55. The first-order chi connectivity index (χ1) is 7.74. The minimum absolute atomic E-state index is 0. The highest BCUT2D eigenvalue weighted by atomic mass is 35.5. The quantitative estimate of drug-likeness (QED) is 0.834. The number of thioether (sulfide) groups is 1. The molecule has 1 unspecified atom stereocenters. The predicted molar refractivity (Wildman–Crippen MR) is 76.6 cm³/mol. The van der Waals surface area contributed by atoms with Gasteiger partial charge in [0.1, 0.15) is 0 Å². The zero-order valence-electron chi connectivity index (χ0n) is 9.89. The molecule has 1 rings (SSSR count). The lowest BCUT2D eigenvalue weighted by Crippen LogP contribution is -2.32. The van der Waals surface area contributed by atoms with Crippen molar-refractivity contribution in [1.29, 1.82) is 0 Å². The molecule has 0 aliphatic carbocycles. The van der Waals surface area contributed by atoms with Crippen LogP contribution in [0.5, 0.6) is 0 Å². The average molecular weight is 275 g/mol. The number of nitrogens with two attached hydrogens (primary N) is 1. The molecule has 0 saturated carbocycles. The molecule has 5 heteroatoms. The Morgan fingerprint density at radius 3 is 2.65 bits per heavy atom. The van der Waals surface area contributed by atoms with E-state index in [-0.39, 0.29) is 24.4 Å². The fourth-order valence-electron chi connectivity index (χ4n) is 1.33. The molecule has 0 aliphatic heterocycles. The van der Waals surface area contributed by atoms with Gasteiger partial charge in [-0.25, -0.2) is 0 Å². The highest BCUT2D eigenvalue weighted by Gasteiger charge is 2.07. The van der Waals surface area contributed by atoms with E-state index in [1.807, 2.05) is 36.6 Å². The summed E-state index contributed by atoms with van der Waals surface area (Å²) in [4.78, 5) is 11.4. The van der Waals surface area contributed by atoms with Crippen LogP contribution in [-0.4, -0.2) is 24.5 Å². The molecule has 1 atom stereocenters. The summed E-state index contributed by atoms with van der Waals surface area (Å²) in [5.74, 6) is 0.924. The number of nitrogens with one attached hydrogen (secondary N) is 1. The van der Waals surface area contributed by atoms with E-state index >= 15 is 0 Å². The smallest absolute Gasteiger partial charge is 0.220 e. The van der Waals surface area contributed by atoms with Gasteiger partial charge in [-0.15, -0.1) is 12.4 Å². The summed E-state index contributed by atoms with van der Waals surface area (Å²) in [5, 5.41) is 2.84. The molecule has 0 spiro atoms. The minimum Gasteiger partial charge on any atom is -0.354 e. The van der Waals surface area contributed by atoms with Crippen LogP contribution in [-0.2, 0) is 4.79 Å². The summed E-state index contributed by atoms with van der Waals surface area (Å²) in [6, 6.07) is 9.67. The third-order valence-corrected chi connectivity index (χ3v) is 2.89. The second kappa shape index (κ2) is 9.33. The number of halogens is 1. The third kappa shape index (κ3) is 6.56. The van der Waals surface area contributed by atoms with Crippen molar-refractivity contribution >= 4 is 30.1 Å². The molecule has 0 heterocycles. The fraction of sp³-hybridized carbons (Fsp3) is 0.417. The number of benzene rings is 1. The molecule has 0 aromatic heterocycles. The molecule has 0 radical (unpaired) electrons. The van der Waals surface area contributed by atoms with Gasteiger partial charge in [0, 0.05) is 24.8 Å². The van der Waals surface area contributed by atoms with Crippen LogP contribution in [0.25, 0.3) is 0 Å². The SMILES string of the molecule is CSCCC(=O)NCC(N)c1ccccc1.Cl. The molecule has 1 aromatic carbocycles. The van der Waals surface area contributed by atoms with E-state index in [2.05, 4.69) is 5.32 Å². The van der Waals surface area contributed by atoms with Gasteiger partial charge in [0.15, 0.2) is 0 Å². The summed E-state index contributed by atoms with van der Waals surface area (Å²) < 4.78 is 0. The second-order valence-corrected chi connectivity index (χ2v) is 4.55. The maximum atomic E-state index is 11.4. The zero-order valence-corrected chi connectivity index (χ0v) is 11.5. The van der Waals surface area contributed by atoms with Crippen LogP contribution in [0, 0.1) is 0 Å². The van der Waals surface area contributed by atoms with Crippen molar-refractivity contribution in [2.24, 2.45) is 5.73 Å². The number of amides is 1. The summed E-state index contributed by atoms with van der Waals surface area (Å²) in [5.41, 5.74) is 7.00. The molecular formula is C12H19ClN2OS. The van der Waals surface area contributed by atoms with Crippen molar-refractivity contribution in [1.82, 2.24) is 5.32 Å². The maximum absolute atomic E-state index is 11.4. The molecule has 3 N–H and O–H groups in total. The summed E-state index contributed by atoms with van der Waals surface area (Å²) >= 11 is 1.67. The maximum Gasteiger partial charge on any atom is 0.220 e. The van der Waals surface area contributed by atoms with Gasteiger partial charge in [-0.2, -0.15) is 11.8 Å². The molecule has 17 heavy (non-hydrogen) atoms. The highest BCUT2D eigenvalue weighted by molar-refractivity contribution is 7.98. The first kappa shape index (κ1) is 16.3. The lowest BCUT2D eigenvalue weighted by atomic mass is 10.1. The van der Waals surface area contributed by atoms with E-state index in [9.17, 15) is 4.79 Å². The van der Waals surface area contributed by atoms with E-state index in [4.69, 9.17) is 5.73 Å². The van der Waals surface area contributed by atoms with Crippen molar-refractivity contribution in [3.63, 3.8) is 0 Å². The van der Waals surface area contributed by atoms with Crippen LogP contribution < -0.4 is 11.1 Å². The number of hydrogen-bond acceptors (Lipinski definition) is 3. The molecule has 0 aliphatic rings. The number of hydrogen-bond donors (Lipinski definition) is 2. The lowest BCUT2D eigenvalue weighted by Gasteiger charge is -2.12. The van der Waals surface area contributed by atoms with Crippen molar-refractivity contribution < 1.29 is 4.79 Å². The van der Waals surface area contributed by atoms with Crippen molar-refractivity contribution in [2.45, 2.75) is 12.5 Å². The van der Waals surface area contributed by atoms with E-state index in [1.54, 1.807) is 11.8 Å². The molecule has 3 nitrogen and oxygen atoms in total. The van der Waals surface area contributed by atoms with Crippen molar-refractivity contribution in [2.75, 3.05) is 18.6 Å². The standard InChI is InChI=1S/C12H18N2OS.ClH/c1-16-8-7-12(15)14-9-11(13)10-5-3-2-4-6-10;/h2-6,11H,7-9,13H2,1H3,(H,14,15);1H. The highest BCUT2D eigenvalue weighted by Crippen LogP contribution is 2.07. The van der Waals surface area contributed by atoms with Crippen molar-refractivity contribution in [3.8, 4) is 0 Å². The molecule has 0 bridgehead atoms. The lowest BCUT2D eigenvalue weighted by molar-refractivity contribution is -0.120. The Labute approximate surface area is 113 Å². The van der Waals surface area contributed by atoms with E-state index in [0.29, 0.717) is 13.0 Å². The van der Waals surface area contributed by atoms with E-state index in [0.717, 1.165) is 11.3 Å². The molecule has 1 amide bonds. The van der Waals surface area contributed by atoms with E-state index in [1.165, 1.54) is 0 Å². The Balaban J connectivity index is 0.00000256. The van der Waals surface area contributed by atoms with Crippen LogP contribution in [0.15, 0.2) is 30.3 Å².